The molecule has 0 saturated carbocycles. The van der Waals surface area contributed by atoms with E-state index in [9.17, 15) is 0 Å². The maximum atomic E-state index is 4.43. The van der Waals surface area contributed by atoms with Crippen LogP contribution in [0.5, 0.6) is 0 Å². The van der Waals surface area contributed by atoms with Crippen LogP contribution in [0, 0.1) is 0 Å². The second-order valence-electron chi connectivity index (χ2n) is 6.43. The van der Waals surface area contributed by atoms with Gasteiger partial charge in [-0.05, 0) is 24.9 Å². The Bertz CT molecular complexity index is 813. The highest BCUT2D eigenvalue weighted by molar-refractivity contribution is 5.86. The molecule has 1 aliphatic rings. The van der Waals surface area contributed by atoms with Crippen molar-refractivity contribution in [2.45, 2.75) is 25.4 Å². The fourth-order valence-corrected chi connectivity index (χ4v) is 3.43. The van der Waals surface area contributed by atoms with E-state index in [1.54, 1.807) is 11.0 Å². The molecule has 0 spiro atoms. The molecule has 0 bridgehead atoms. The molecule has 1 atom stereocenters. The zero-order valence-corrected chi connectivity index (χ0v) is 13.9. The highest BCUT2D eigenvalue weighted by Gasteiger charge is 2.21. The summed E-state index contributed by atoms with van der Waals surface area (Å²) in [7, 11) is 1.90. The summed E-state index contributed by atoms with van der Waals surface area (Å²) in [6.07, 6.45) is 5.81. The van der Waals surface area contributed by atoms with Gasteiger partial charge in [0.25, 0.3) is 0 Å². The molecule has 0 radical (unpaired) electrons. The third-order valence-corrected chi connectivity index (χ3v) is 4.62. The first-order chi connectivity index (χ1) is 11.8. The van der Waals surface area contributed by atoms with Crippen molar-refractivity contribution < 1.29 is 0 Å². The quantitative estimate of drug-likeness (QED) is 0.799. The van der Waals surface area contributed by atoms with Crippen LogP contribution in [-0.4, -0.2) is 43.8 Å². The number of hydrogen-bond acceptors (Lipinski definition) is 5. The van der Waals surface area contributed by atoms with Crippen molar-refractivity contribution in [1.82, 2.24) is 24.6 Å². The first-order valence-corrected chi connectivity index (χ1v) is 8.45. The maximum Gasteiger partial charge on any atom is 0.163 e. The number of nitrogens with zero attached hydrogens (tertiary/aromatic N) is 5. The van der Waals surface area contributed by atoms with Crippen LogP contribution < -0.4 is 5.32 Å². The van der Waals surface area contributed by atoms with Crippen LogP contribution in [0.2, 0.25) is 0 Å². The third kappa shape index (κ3) is 3.10. The number of piperidine rings is 1. The molecule has 3 heterocycles. The molecule has 6 heteroatoms. The number of benzene rings is 1. The summed E-state index contributed by atoms with van der Waals surface area (Å²) < 4.78 is 1.78. The van der Waals surface area contributed by atoms with Crippen molar-refractivity contribution in [2.24, 2.45) is 7.05 Å². The molecular formula is C18H22N6. The molecular weight excluding hydrogens is 300 g/mol. The van der Waals surface area contributed by atoms with Gasteiger partial charge in [-0.15, -0.1) is 0 Å². The standard InChI is InChI=1S/C18H22N6/c1-23-18-16(10-21-23)17(19-13-20-18)22-15-8-5-9-24(12-15)11-14-6-3-2-4-7-14/h2-4,6-7,10,13,15H,5,8-9,11-12H2,1H3,(H,19,20,22)/t15-/m0/s1. The number of rotatable bonds is 4. The van der Waals surface area contributed by atoms with Gasteiger partial charge in [-0.2, -0.15) is 5.10 Å². The summed E-state index contributed by atoms with van der Waals surface area (Å²) in [5.41, 5.74) is 2.24. The number of nitrogens with one attached hydrogen (secondary N) is 1. The molecule has 24 heavy (non-hydrogen) atoms. The number of fused-ring (bicyclic) bond motifs is 1. The molecule has 2 aromatic heterocycles. The molecule has 1 fully saturated rings. The van der Waals surface area contributed by atoms with Gasteiger partial charge in [-0.1, -0.05) is 30.3 Å². The van der Waals surface area contributed by atoms with Crippen molar-refractivity contribution in [3.63, 3.8) is 0 Å². The van der Waals surface area contributed by atoms with Gasteiger partial charge in [0.1, 0.15) is 12.1 Å². The Morgan fingerprint density at radius 1 is 1.21 bits per heavy atom. The molecule has 0 unspecified atom stereocenters. The molecule has 0 amide bonds. The van der Waals surface area contributed by atoms with Gasteiger partial charge in [0.15, 0.2) is 5.65 Å². The van der Waals surface area contributed by atoms with Gasteiger partial charge in [-0.25, -0.2) is 9.97 Å². The lowest BCUT2D eigenvalue weighted by atomic mass is 10.0. The molecule has 124 valence electrons. The molecule has 4 rings (SSSR count). The van der Waals surface area contributed by atoms with Gasteiger partial charge in [-0.3, -0.25) is 9.58 Å². The first-order valence-electron chi connectivity index (χ1n) is 8.45. The monoisotopic (exact) mass is 322 g/mol. The molecule has 3 aromatic rings. The lowest BCUT2D eigenvalue weighted by Crippen LogP contribution is -2.41. The Kier molecular flexibility index (Phi) is 4.13. The summed E-state index contributed by atoms with van der Waals surface area (Å²) in [5.74, 6) is 0.889. The highest BCUT2D eigenvalue weighted by atomic mass is 15.3. The Morgan fingerprint density at radius 2 is 2.08 bits per heavy atom. The molecule has 1 aromatic carbocycles. The van der Waals surface area contributed by atoms with E-state index in [-0.39, 0.29) is 0 Å². The van der Waals surface area contributed by atoms with E-state index < -0.39 is 0 Å². The summed E-state index contributed by atoms with van der Waals surface area (Å²) in [4.78, 5) is 11.2. The second kappa shape index (κ2) is 6.57. The van der Waals surface area contributed by atoms with E-state index in [1.165, 1.54) is 12.0 Å². The minimum atomic E-state index is 0.403. The van der Waals surface area contributed by atoms with Gasteiger partial charge < -0.3 is 5.32 Å². The normalized spacial score (nSPS) is 18.8. The zero-order chi connectivity index (χ0) is 16.4. The summed E-state index contributed by atoms with van der Waals surface area (Å²) in [6.45, 7) is 3.19. The number of aromatic nitrogens is 4. The SMILES string of the molecule is Cn1ncc2c(N[C@H]3CCCN(Cc4ccccc4)C3)ncnc21. The Labute approximate surface area is 141 Å². The summed E-state index contributed by atoms with van der Waals surface area (Å²) >= 11 is 0. The van der Waals surface area contributed by atoms with E-state index >= 15 is 0 Å². The predicted molar refractivity (Wildman–Crippen MR) is 94.7 cm³/mol. The highest BCUT2D eigenvalue weighted by Crippen LogP contribution is 2.22. The van der Waals surface area contributed by atoms with Crippen molar-refractivity contribution in [1.29, 1.82) is 0 Å². The van der Waals surface area contributed by atoms with Crippen LogP contribution in [0.15, 0.2) is 42.9 Å². The lowest BCUT2D eigenvalue weighted by molar-refractivity contribution is 0.208. The Morgan fingerprint density at radius 3 is 2.96 bits per heavy atom. The second-order valence-corrected chi connectivity index (χ2v) is 6.43. The Hall–Kier alpha value is -2.47. The van der Waals surface area contributed by atoms with Crippen LogP contribution in [0.1, 0.15) is 18.4 Å². The van der Waals surface area contributed by atoms with Crippen molar-refractivity contribution in [3.05, 3.63) is 48.4 Å². The lowest BCUT2D eigenvalue weighted by Gasteiger charge is -2.33. The zero-order valence-electron chi connectivity index (χ0n) is 13.9. The average molecular weight is 322 g/mol. The smallest absolute Gasteiger partial charge is 0.163 e. The van der Waals surface area contributed by atoms with Crippen LogP contribution in [0.25, 0.3) is 11.0 Å². The first kappa shape index (κ1) is 15.1. The van der Waals surface area contributed by atoms with Crippen molar-refractivity contribution in [2.75, 3.05) is 18.4 Å². The van der Waals surface area contributed by atoms with Gasteiger partial charge in [0.2, 0.25) is 0 Å². The Balaban J connectivity index is 1.46. The topological polar surface area (TPSA) is 58.9 Å². The van der Waals surface area contributed by atoms with Crippen LogP contribution in [-0.2, 0) is 13.6 Å². The number of hydrogen-bond donors (Lipinski definition) is 1. The predicted octanol–water partition coefficient (Wildman–Crippen LogP) is 2.44. The molecule has 1 N–H and O–H groups in total. The molecule has 1 aliphatic heterocycles. The van der Waals surface area contributed by atoms with E-state index in [4.69, 9.17) is 0 Å². The van der Waals surface area contributed by atoms with Crippen molar-refractivity contribution >= 4 is 16.9 Å². The van der Waals surface area contributed by atoms with Crippen LogP contribution >= 0.6 is 0 Å². The van der Waals surface area contributed by atoms with E-state index in [0.29, 0.717) is 6.04 Å². The largest absolute Gasteiger partial charge is 0.365 e. The van der Waals surface area contributed by atoms with E-state index in [1.807, 2.05) is 13.2 Å². The van der Waals surface area contributed by atoms with Gasteiger partial charge in [0.05, 0.1) is 11.6 Å². The average Bonchev–Trinajstić information content (AvgIpc) is 2.99. The number of anilines is 1. The van der Waals surface area contributed by atoms with E-state index in [0.717, 1.165) is 42.9 Å². The minimum Gasteiger partial charge on any atom is -0.365 e. The fraction of sp³-hybridized carbons (Fsp3) is 0.389. The summed E-state index contributed by atoms with van der Waals surface area (Å²) in [6, 6.07) is 11.1. The molecule has 1 saturated heterocycles. The third-order valence-electron chi connectivity index (χ3n) is 4.62. The number of likely N-dealkylation sites (tertiary alicyclic amines) is 1. The molecule has 6 nitrogen and oxygen atoms in total. The van der Waals surface area contributed by atoms with E-state index in [2.05, 4.69) is 55.6 Å². The van der Waals surface area contributed by atoms with Crippen molar-refractivity contribution in [3.8, 4) is 0 Å². The molecule has 0 aliphatic carbocycles. The minimum absolute atomic E-state index is 0.403. The van der Waals surface area contributed by atoms with Crippen LogP contribution in [0.4, 0.5) is 5.82 Å². The van der Waals surface area contributed by atoms with Gasteiger partial charge in [0, 0.05) is 26.2 Å². The maximum absolute atomic E-state index is 4.43. The fourth-order valence-electron chi connectivity index (χ4n) is 3.43. The van der Waals surface area contributed by atoms with Crippen LogP contribution in [0.3, 0.4) is 0 Å². The van der Waals surface area contributed by atoms with Gasteiger partial charge >= 0.3 is 0 Å². The summed E-state index contributed by atoms with van der Waals surface area (Å²) in [5, 5.41) is 8.88. The number of aryl methyl sites for hydroxylation is 1.